The van der Waals surface area contributed by atoms with E-state index in [4.69, 9.17) is 4.74 Å². The number of aryl methyl sites for hydroxylation is 2. The van der Waals surface area contributed by atoms with Crippen LogP contribution < -0.4 is 15.5 Å². The number of nitrogens with one attached hydrogen (secondary N) is 2. The molecule has 0 bridgehead atoms. The van der Waals surface area contributed by atoms with Crippen molar-refractivity contribution in [3.63, 3.8) is 0 Å². The van der Waals surface area contributed by atoms with Crippen LogP contribution in [0.4, 0.5) is 5.69 Å². The Morgan fingerprint density at radius 3 is 2.62 bits per heavy atom. The predicted octanol–water partition coefficient (Wildman–Crippen LogP) is 3.18. The molecule has 0 saturated heterocycles. The molecule has 0 spiro atoms. The van der Waals surface area contributed by atoms with Crippen molar-refractivity contribution in [3.8, 4) is 5.75 Å². The first kappa shape index (κ1) is 19.2. The number of carbonyl (C=O) groups excluding carboxylic acids is 2. The Balaban J connectivity index is 1.78. The number of amides is 2. The number of hydrogen-bond acceptors (Lipinski definition) is 4. The lowest BCUT2D eigenvalue weighted by atomic mass is 10.1. The fourth-order valence-electron chi connectivity index (χ4n) is 2.27. The lowest BCUT2D eigenvalue weighted by molar-refractivity contribution is -0.124. The zero-order valence-electron chi connectivity index (χ0n) is 15.2. The molecule has 0 radical (unpaired) electrons. The first-order valence-corrected chi connectivity index (χ1v) is 8.31. The number of methoxy groups -OCH3 is 1. The number of hydrazone groups is 1. The normalized spacial score (nSPS) is 10.6. The van der Waals surface area contributed by atoms with Crippen LogP contribution in [0.3, 0.4) is 0 Å². The monoisotopic (exact) mass is 353 g/mol. The van der Waals surface area contributed by atoms with E-state index in [0.29, 0.717) is 5.75 Å². The molecular formula is C20H23N3O3. The van der Waals surface area contributed by atoms with Gasteiger partial charge in [0.25, 0.3) is 0 Å². The van der Waals surface area contributed by atoms with Gasteiger partial charge in [0.2, 0.25) is 11.8 Å². The molecule has 0 heterocycles. The highest BCUT2D eigenvalue weighted by Gasteiger charge is 2.08. The van der Waals surface area contributed by atoms with Crippen molar-refractivity contribution in [1.82, 2.24) is 5.43 Å². The van der Waals surface area contributed by atoms with Crippen LogP contribution in [0.5, 0.6) is 5.75 Å². The predicted molar refractivity (Wildman–Crippen MR) is 103 cm³/mol. The van der Waals surface area contributed by atoms with Gasteiger partial charge in [-0.15, -0.1) is 0 Å². The van der Waals surface area contributed by atoms with E-state index in [1.54, 1.807) is 13.2 Å². The highest BCUT2D eigenvalue weighted by Crippen LogP contribution is 2.16. The lowest BCUT2D eigenvalue weighted by Crippen LogP contribution is -2.20. The summed E-state index contributed by atoms with van der Waals surface area (Å²) in [5.41, 5.74) is 6.04. The Labute approximate surface area is 153 Å². The second-order valence-electron chi connectivity index (χ2n) is 5.94. The van der Waals surface area contributed by atoms with E-state index in [1.165, 1.54) is 6.21 Å². The Bertz CT molecular complexity index is 816. The van der Waals surface area contributed by atoms with Crippen molar-refractivity contribution < 1.29 is 14.3 Å². The van der Waals surface area contributed by atoms with Gasteiger partial charge in [-0.3, -0.25) is 9.59 Å². The average molecular weight is 353 g/mol. The Kier molecular flexibility index (Phi) is 6.91. The first-order valence-electron chi connectivity index (χ1n) is 8.31. The number of hydrogen-bond donors (Lipinski definition) is 2. The molecule has 2 aromatic rings. The van der Waals surface area contributed by atoms with E-state index in [2.05, 4.69) is 15.8 Å². The molecule has 2 aromatic carbocycles. The van der Waals surface area contributed by atoms with Crippen molar-refractivity contribution in [2.24, 2.45) is 5.10 Å². The second-order valence-corrected chi connectivity index (χ2v) is 5.94. The van der Waals surface area contributed by atoms with Gasteiger partial charge in [0.1, 0.15) is 5.75 Å². The molecule has 0 atom stereocenters. The zero-order chi connectivity index (χ0) is 18.9. The van der Waals surface area contributed by atoms with E-state index in [9.17, 15) is 9.59 Å². The van der Waals surface area contributed by atoms with Crippen LogP contribution >= 0.6 is 0 Å². The summed E-state index contributed by atoms with van der Waals surface area (Å²) in [6, 6.07) is 13.1. The SMILES string of the molecule is COc1cccc(C=NNC(=O)CCC(=O)Nc2cc(C)ccc2C)c1. The van der Waals surface area contributed by atoms with Crippen LogP contribution in [-0.4, -0.2) is 25.1 Å². The minimum Gasteiger partial charge on any atom is -0.497 e. The van der Waals surface area contributed by atoms with Crippen molar-refractivity contribution in [2.45, 2.75) is 26.7 Å². The molecule has 0 aromatic heterocycles. The van der Waals surface area contributed by atoms with Crippen LogP contribution in [0.2, 0.25) is 0 Å². The summed E-state index contributed by atoms with van der Waals surface area (Å²) in [5.74, 6) is 0.189. The molecule has 6 heteroatoms. The molecular weight excluding hydrogens is 330 g/mol. The smallest absolute Gasteiger partial charge is 0.240 e. The summed E-state index contributed by atoms with van der Waals surface area (Å²) in [4.78, 5) is 23.8. The standard InChI is InChI=1S/C20H23N3O3/c1-14-7-8-15(2)18(11-14)22-19(24)9-10-20(25)23-21-13-16-5-4-6-17(12-16)26-3/h4-8,11-13H,9-10H2,1-3H3,(H,22,24)(H,23,25). The maximum absolute atomic E-state index is 12.0. The zero-order valence-corrected chi connectivity index (χ0v) is 15.2. The van der Waals surface area contributed by atoms with Crippen LogP contribution in [0.25, 0.3) is 0 Å². The number of nitrogens with zero attached hydrogens (tertiary/aromatic N) is 1. The van der Waals surface area contributed by atoms with Crippen LogP contribution in [0, 0.1) is 13.8 Å². The fraction of sp³-hybridized carbons (Fsp3) is 0.250. The summed E-state index contributed by atoms with van der Waals surface area (Å²) in [6.45, 7) is 3.89. The Hall–Kier alpha value is -3.15. The largest absolute Gasteiger partial charge is 0.497 e. The first-order chi connectivity index (χ1) is 12.5. The summed E-state index contributed by atoms with van der Waals surface area (Å²) in [7, 11) is 1.58. The van der Waals surface area contributed by atoms with Gasteiger partial charge in [0.05, 0.1) is 13.3 Å². The number of anilines is 1. The van der Waals surface area contributed by atoms with Gasteiger partial charge in [0.15, 0.2) is 0 Å². The van der Waals surface area contributed by atoms with Crippen molar-refractivity contribution in [3.05, 3.63) is 59.2 Å². The molecule has 2 amide bonds. The average Bonchev–Trinajstić information content (AvgIpc) is 2.63. The molecule has 0 saturated carbocycles. The van der Waals surface area contributed by atoms with Gasteiger partial charge in [-0.25, -0.2) is 5.43 Å². The van der Waals surface area contributed by atoms with E-state index in [-0.39, 0.29) is 24.7 Å². The quantitative estimate of drug-likeness (QED) is 0.593. The van der Waals surface area contributed by atoms with E-state index in [1.807, 2.05) is 50.2 Å². The van der Waals surface area contributed by atoms with E-state index in [0.717, 1.165) is 22.4 Å². The van der Waals surface area contributed by atoms with Gasteiger partial charge in [0, 0.05) is 18.5 Å². The molecule has 6 nitrogen and oxygen atoms in total. The Morgan fingerprint density at radius 1 is 1.08 bits per heavy atom. The highest BCUT2D eigenvalue weighted by molar-refractivity contribution is 5.94. The summed E-state index contributed by atoms with van der Waals surface area (Å²) in [6.07, 6.45) is 1.68. The maximum Gasteiger partial charge on any atom is 0.240 e. The van der Waals surface area contributed by atoms with Gasteiger partial charge >= 0.3 is 0 Å². The van der Waals surface area contributed by atoms with Crippen LogP contribution in [-0.2, 0) is 9.59 Å². The van der Waals surface area contributed by atoms with E-state index < -0.39 is 0 Å². The number of rotatable bonds is 7. The number of carbonyl (C=O) groups is 2. The molecule has 0 fully saturated rings. The minimum atomic E-state index is -0.319. The van der Waals surface area contributed by atoms with Gasteiger partial charge < -0.3 is 10.1 Å². The van der Waals surface area contributed by atoms with Gasteiger partial charge in [-0.05, 0) is 48.7 Å². The van der Waals surface area contributed by atoms with E-state index >= 15 is 0 Å². The molecule has 0 aliphatic heterocycles. The molecule has 0 aliphatic carbocycles. The topological polar surface area (TPSA) is 79.8 Å². The van der Waals surface area contributed by atoms with Crippen LogP contribution in [0.15, 0.2) is 47.6 Å². The number of benzene rings is 2. The summed E-state index contributed by atoms with van der Waals surface area (Å²) in [5, 5.41) is 6.72. The van der Waals surface area contributed by atoms with Crippen LogP contribution in [0.1, 0.15) is 29.5 Å². The third-order valence-electron chi connectivity index (χ3n) is 3.74. The molecule has 136 valence electrons. The lowest BCUT2D eigenvalue weighted by Gasteiger charge is -2.09. The Morgan fingerprint density at radius 2 is 1.85 bits per heavy atom. The number of ether oxygens (including phenoxy) is 1. The minimum absolute atomic E-state index is 0.0617. The molecule has 26 heavy (non-hydrogen) atoms. The van der Waals surface area contributed by atoms with Crippen molar-refractivity contribution in [1.29, 1.82) is 0 Å². The molecule has 0 unspecified atom stereocenters. The van der Waals surface area contributed by atoms with Gasteiger partial charge in [-0.2, -0.15) is 5.10 Å². The highest BCUT2D eigenvalue weighted by atomic mass is 16.5. The maximum atomic E-state index is 12.0. The third-order valence-corrected chi connectivity index (χ3v) is 3.74. The summed E-state index contributed by atoms with van der Waals surface area (Å²) >= 11 is 0. The van der Waals surface area contributed by atoms with Gasteiger partial charge in [-0.1, -0.05) is 24.3 Å². The fourth-order valence-corrected chi connectivity index (χ4v) is 2.27. The third kappa shape index (κ3) is 6.05. The summed E-state index contributed by atoms with van der Waals surface area (Å²) < 4.78 is 5.12. The second kappa shape index (κ2) is 9.36. The molecule has 2 N–H and O–H groups in total. The molecule has 2 rings (SSSR count). The molecule has 0 aliphatic rings. The van der Waals surface area contributed by atoms with Crippen molar-refractivity contribution in [2.75, 3.05) is 12.4 Å². The van der Waals surface area contributed by atoms with Crippen molar-refractivity contribution >= 4 is 23.7 Å².